The van der Waals surface area contributed by atoms with E-state index in [0.29, 0.717) is 0 Å². The first-order chi connectivity index (χ1) is 7.82. The van der Waals surface area contributed by atoms with Crippen molar-refractivity contribution in [2.75, 3.05) is 0 Å². The molecule has 102 valence electrons. The number of hydrogen-bond donors (Lipinski definition) is 3. The molecule has 3 N–H and O–H groups in total. The minimum absolute atomic E-state index is 1.67. The van der Waals surface area contributed by atoms with E-state index in [1.54, 1.807) is 0 Å². The maximum absolute atomic E-state index is 10.6. The van der Waals surface area contributed by atoms with Crippen LogP contribution in [0.1, 0.15) is 0 Å². The number of nitrogens with zero attached hydrogens (tertiary/aromatic N) is 3. The molecule has 1 aromatic rings. The maximum Gasteiger partial charge on any atom is 0.330 e. The summed E-state index contributed by atoms with van der Waals surface area (Å²) in [6.45, 7) is 0. The van der Waals surface area contributed by atoms with Crippen molar-refractivity contribution in [2.45, 2.75) is 15.5 Å². The predicted octanol–water partition coefficient (Wildman–Crippen LogP) is -2.39. The molecule has 0 spiro atoms. The van der Waals surface area contributed by atoms with Gasteiger partial charge in [-0.2, -0.15) is 40.2 Å². The zero-order valence-electron chi connectivity index (χ0n) is 7.86. The van der Waals surface area contributed by atoms with Gasteiger partial charge in [-0.15, -0.1) is 0 Å². The van der Waals surface area contributed by atoms with E-state index in [2.05, 4.69) is 15.0 Å². The van der Waals surface area contributed by atoms with Crippen LogP contribution < -0.4 is 0 Å². The average Bonchev–Trinajstić information content (AvgIpc) is 2.13. The first-order valence-electron chi connectivity index (χ1n) is 3.50. The number of rotatable bonds is 3. The lowest BCUT2D eigenvalue weighted by atomic mass is 11.1. The highest BCUT2D eigenvalue weighted by Crippen LogP contribution is 2.10. The fourth-order valence-electron chi connectivity index (χ4n) is 0.667. The van der Waals surface area contributed by atoms with Crippen LogP contribution in [0.2, 0.25) is 0 Å². The molecule has 0 aromatic carbocycles. The Morgan fingerprint density at radius 1 is 0.556 bits per heavy atom. The Kier molecular flexibility index (Phi) is 3.40. The van der Waals surface area contributed by atoms with E-state index in [9.17, 15) is 25.3 Å². The molecule has 1 heterocycles. The fraction of sp³-hybridized carbons (Fsp3) is 0. The molecule has 0 bridgehead atoms. The average molecular weight is 321 g/mol. The minimum atomic E-state index is -5.18. The molecule has 18 heavy (non-hydrogen) atoms. The zero-order chi connectivity index (χ0) is 14.4. The van der Waals surface area contributed by atoms with Gasteiger partial charge >= 0.3 is 30.4 Å². The Morgan fingerprint density at radius 2 is 0.722 bits per heavy atom. The Balaban J connectivity index is 3.82. The molecule has 0 unspecified atom stereocenters. The third-order valence-corrected chi connectivity index (χ3v) is 3.20. The Hall–Kier alpha value is -1.26. The largest absolute Gasteiger partial charge is 0.330 e. The van der Waals surface area contributed by atoms with E-state index in [1.165, 1.54) is 0 Å². The van der Waals surface area contributed by atoms with Crippen molar-refractivity contribution >= 4 is 30.4 Å². The summed E-state index contributed by atoms with van der Waals surface area (Å²) in [7, 11) is -15.5. The molecule has 0 radical (unpaired) electrons. The second-order valence-corrected chi connectivity index (χ2v) is 6.55. The van der Waals surface area contributed by atoms with Gasteiger partial charge in [0.1, 0.15) is 0 Å². The van der Waals surface area contributed by atoms with Gasteiger partial charge in [-0.3, -0.25) is 13.7 Å². The summed E-state index contributed by atoms with van der Waals surface area (Å²) < 4.78 is 89.5. The smallest absolute Gasteiger partial charge is 0.279 e. The van der Waals surface area contributed by atoms with Gasteiger partial charge < -0.3 is 0 Å². The van der Waals surface area contributed by atoms with Gasteiger partial charge in [-0.05, 0) is 0 Å². The molecule has 0 atom stereocenters. The Labute approximate surface area is 100.0 Å². The second kappa shape index (κ2) is 4.14. The van der Waals surface area contributed by atoms with E-state index >= 15 is 0 Å². The molecule has 0 aliphatic rings. The van der Waals surface area contributed by atoms with Crippen LogP contribution in [0.15, 0.2) is 15.5 Å². The van der Waals surface area contributed by atoms with Crippen LogP contribution in [0.25, 0.3) is 0 Å². The molecule has 0 aliphatic heterocycles. The summed E-state index contributed by atoms with van der Waals surface area (Å²) in [4.78, 5) is 7.85. The summed E-state index contributed by atoms with van der Waals surface area (Å²) in [6.07, 6.45) is 0. The van der Waals surface area contributed by atoms with Gasteiger partial charge in [0.05, 0.1) is 0 Å². The van der Waals surface area contributed by atoms with Crippen LogP contribution in [0.4, 0.5) is 0 Å². The van der Waals surface area contributed by atoms with Crippen LogP contribution in [-0.2, 0) is 30.4 Å². The molecule has 1 aromatic heterocycles. The standard InChI is InChI=1S/C3H3N3O9S3/c7-16(8,9)1-4-2(17(10,11)12)6-3(5-1)18(13,14)15/h(H,7,8,9)(H,10,11,12)(H,13,14,15). The fourth-order valence-corrected chi connectivity index (χ4v) is 2.05. The molecule has 12 nitrogen and oxygen atoms in total. The topological polar surface area (TPSA) is 202 Å². The molecule has 15 heteroatoms. The lowest BCUT2D eigenvalue weighted by Crippen LogP contribution is -2.17. The van der Waals surface area contributed by atoms with E-state index in [4.69, 9.17) is 13.7 Å². The van der Waals surface area contributed by atoms with Gasteiger partial charge in [-0.1, -0.05) is 0 Å². The van der Waals surface area contributed by atoms with Gasteiger partial charge in [-0.25, -0.2) is 0 Å². The van der Waals surface area contributed by atoms with Crippen molar-refractivity contribution in [1.82, 2.24) is 15.0 Å². The highest BCUT2D eigenvalue weighted by molar-refractivity contribution is 7.87. The summed E-state index contributed by atoms with van der Waals surface area (Å²) >= 11 is 0. The number of aromatic nitrogens is 3. The summed E-state index contributed by atoms with van der Waals surface area (Å²) in [5.41, 5.74) is 0. The van der Waals surface area contributed by atoms with E-state index in [1.807, 2.05) is 0 Å². The first-order valence-corrected chi connectivity index (χ1v) is 7.82. The van der Waals surface area contributed by atoms with Gasteiger partial charge in [0.25, 0.3) is 15.5 Å². The van der Waals surface area contributed by atoms with Crippen LogP contribution in [-0.4, -0.2) is 53.9 Å². The Morgan fingerprint density at radius 3 is 0.833 bits per heavy atom. The molecule has 1 rings (SSSR count). The van der Waals surface area contributed by atoms with Gasteiger partial charge in [0.15, 0.2) is 0 Å². The van der Waals surface area contributed by atoms with Crippen LogP contribution >= 0.6 is 0 Å². The molecular formula is C3H3N3O9S3. The molecule has 0 amide bonds. The van der Waals surface area contributed by atoms with Crippen LogP contribution in [0.3, 0.4) is 0 Å². The summed E-state index contributed by atoms with van der Waals surface area (Å²) in [6, 6.07) is 0. The van der Waals surface area contributed by atoms with Crippen molar-refractivity contribution in [2.24, 2.45) is 0 Å². The molecule has 0 saturated carbocycles. The highest BCUT2D eigenvalue weighted by atomic mass is 32.2. The normalized spacial score (nSPS) is 13.5. The van der Waals surface area contributed by atoms with E-state index in [0.717, 1.165) is 0 Å². The lowest BCUT2D eigenvalue weighted by Gasteiger charge is -2.01. The monoisotopic (exact) mass is 321 g/mol. The molecule has 0 fully saturated rings. The molecule has 0 aliphatic carbocycles. The predicted molar refractivity (Wildman–Crippen MR) is 49.3 cm³/mol. The lowest BCUT2D eigenvalue weighted by molar-refractivity contribution is 0.444. The first kappa shape index (κ1) is 14.8. The van der Waals surface area contributed by atoms with Gasteiger partial charge in [0.2, 0.25) is 0 Å². The highest BCUT2D eigenvalue weighted by Gasteiger charge is 2.27. The van der Waals surface area contributed by atoms with Crippen molar-refractivity contribution < 1.29 is 38.9 Å². The summed E-state index contributed by atoms with van der Waals surface area (Å²) in [5.74, 6) is 0. The number of hydrogen-bond acceptors (Lipinski definition) is 9. The van der Waals surface area contributed by atoms with E-state index in [-0.39, 0.29) is 0 Å². The SMILES string of the molecule is O=S(=O)(O)c1nc(S(=O)(=O)O)nc(S(=O)(=O)O)n1. The van der Waals surface area contributed by atoms with Crippen LogP contribution in [0, 0.1) is 0 Å². The second-order valence-electron chi connectivity index (χ2n) is 2.61. The molecule has 0 saturated heterocycles. The minimum Gasteiger partial charge on any atom is -0.279 e. The third kappa shape index (κ3) is 3.37. The van der Waals surface area contributed by atoms with E-state index < -0.39 is 45.8 Å². The maximum atomic E-state index is 10.6. The quantitative estimate of drug-likeness (QED) is 0.499. The third-order valence-electron chi connectivity index (χ3n) is 1.27. The molecular weight excluding hydrogens is 318 g/mol. The van der Waals surface area contributed by atoms with Crippen LogP contribution in [0.5, 0.6) is 0 Å². The van der Waals surface area contributed by atoms with Crippen molar-refractivity contribution in [1.29, 1.82) is 0 Å². The zero-order valence-corrected chi connectivity index (χ0v) is 10.3. The van der Waals surface area contributed by atoms with Crippen molar-refractivity contribution in [3.8, 4) is 0 Å². The Bertz CT molecular complexity index is 669. The summed E-state index contributed by atoms with van der Waals surface area (Å²) in [5, 5.41) is -5.01. The van der Waals surface area contributed by atoms with Gasteiger partial charge in [0, 0.05) is 0 Å². The van der Waals surface area contributed by atoms with Crippen molar-refractivity contribution in [3.63, 3.8) is 0 Å². The van der Waals surface area contributed by atoms with Crippen molar-refractivity contribution in [3.05, 3.63) is 0 Å².